The summed E-state index contributed by atoms with van der Waals surface area (Å²) in [6, 6.07) is 18.6. The molecule has 2 amide bonds. The van der Waals surface area contributed by atoms with Gasteiger partial charge in [0.2, 0.25) is 11.5 Å². The van der Waals surface area contributed by atoms with Crippen LogP contribution in [0.15, 0.2) is 65.6 Å². The second-order valence-corrected chi connectivity index (χ2v) is 9.64. The van der Waals surface area contributed by atoms with Gasteiger partial charge in [0.1, 0.15) is 0 Å². The van der Waals surface area contributed by atoms with Gasteiger partial charge in [-0.15, -0.1) is 11.3 Å². The first-order valence-corrected chi connectivity index (χ1v) is 12.3. The molecule has 0 fully saturated rings. The number of nitriles is 1. The Morgan fingerprint density at radius 3 is 2.47 bits per heavy atom. The summed E-state index contributed by atoms with van der Waals surface area (Å²) in [6.45, 7) is 2.54. The van der Waals surface area contributed by atoms with Gasteiger partial charge in [0.05, 0.1) is 16.5 Å². The molecule has 0 bridgehead atoms. The molecule has 2 aromatic heterocycles. The third-order valence-corrected chi connectivity index (χ3v) is 7.44. The van der Waals surface area contributed by atoms with E-state index in [1.807, 2.05) is 37.3 Å². The number of nitrogens with one attached hydrogen (secondary N) is 1. The smallest absolute Gasteiger partial charge is 0.264 e. The summed E-state index contributed by atoms with van der Waals surface area (Å²) in [5, 5.41) is 12.7. The molecule has 0 unspecified atom stereocenters. The second-order valence-electron chi connectivity index (χ2n) is 8.59. The molecule has 36 heavy (non-hydrogen) atoms. The molecule has 182 valence electrons. The summed E-state index contributed by atoms with van der Waals surface area (Å²) in [6.07, 6.45) is 1.99. The van der Waals surface area contributed by atoms with Crippen molar-refractivity contribution in [2.75, 3.05) is 13.6 Å². The van der Waals surface area contributed by atoms with Gasteiger partial charge >= 0.3 is 0 Å². The average molecular weight is 499 g/mol. The molecule has 1 N–H and O–H groups in total. The molecule has 0 spiro atoms. The van der Waals surface area contributed by atoms with E-state index >= 15 is 0 Å². The number of fused-ring (bicyclic) bond motifs is 1. The van der Waals surface area contributed by atoms with Crippen LogP contribution in [0.1, 0.15) is 32.8 Å². The second kappa shape index (κ2) is 10.6. The van der Waals surface area contributed by atoms with E-state index in [1.54, 1.807) is 54.0 Å². The lowest BCUT2D eigenvalue weighted by Gasteiger charge is -2.22. The van der Waals surface area contributed by atoms with Gasteiger partial charge in [0.25, 0.3) is 5.91 Å². The molecule has 8 heteroatoms. The zero-order valence-corrected chi connectivity index (χ0v) is 21.2. The lowest BCUT2D eigenvalue weighted by Crippen LogP contribution is -2.34. The van der Waals surface area contributed by atoms with Gasteiger partial charge in [-0.1, -0.05) is 18.2 Å². The van der Waals surface area contributed by atoms with Gasteiger partial charge in [-0.2, -0.15) is 5.26 Å². The Morgan fingerprint density at radius 2 is 1.81 bits per heavy atom. The van der Waals surface area contributed by atoms with Crippen LogP contribution in [0.25, 0.3) is 21.2 Å². The highest BCUT2D eigenvalue weighted by Crippen LogP contribution is 2.35. The minimum atomic E-state index is -0.136. The number of benzene rings is 2. The van der Waals surface area contributed by atoms with Crippen LogP contribution in [-0.2, 0) is 18.4 Å². The Bertz CT molecular complexity index is 1540. The average Bonchev–Trinajstić information content (AvgIpc) is 3.23. The van der Waals surface area contributed by atoms with E-state index in [4.69, 9.17) is 5.26 Å². The molecule has 0 atom stereocenters. The molecule has 2 heterocycles. The monoisotopic (exact) mass is 498 g/mol. The maximum absolute atomic E-state index is 13.7. The predicted octanol–water partition coefficient (Wildman–Crippen LogP) is 4.23. The number of rotatable bonds is 7. The molecular weight excluding hydrogens is 472 g/mol. The van der Waals surface area contributed by atoms with Crippen molar-refractivity contribution in [2.24, 2.45) is 7.05 Å². The number of aromatic nitrogens is 1. The number of amides is 2. The molecule has 0 aliphatic carbocycles. The molecule has 0 saturated heterocycles. The molecule has 4 rings (SSSR count). The molecular formula is C28H26N4O3S. The molecule has 0 radical (unpaired) electrons. The van der Waals surface area contributed by atoms with E-state index in [1.165, 1.54) is 11.3 Å². The highest BCUT2D eigenvalue weighted by atomic mass is 32.1. The fourth-order valence-corrected chi connectivity index (χ4v) is 5.19. The summed E-state index contributed by atoms with van der Waals surface area (Å²) in [5.41, 5.74) is 4.14. The van der Waals surface area contributed by atoms with E-state index < -0.39 is 0 Å². The Balaban J connectivity index is 1.67. The Labute approximate surface area is 213 Å². The number of aryl methyl sites for hydroxylation is 2. The minimum absolute atomic E-state index is 0.0708. The standard InChI is InChI=1S/C28H26N4O3S/c1-18-23-14-21(22-9-11-26(34)31(3)17-22)8-10-24(23)36-27(18)28(35)32(13-12-25(33)30-2)16-20-6-4-19(15-29)5-7-20/h4-11,14,17H,12-13,16H2,1-3H3,(H,30,33). The fourth-order valence-electron chi connectivity index (χ4n) is 4.03. The van der Waals surface area contributed by atoms with Crippen molar-refractivity contribution in [2.45, 2.75) is 19.9 Å². The zero-order chi connectivity index (χ0) is 25.8. The third kappa shape index (κ3) is 5.21. The summed E-state index contributed by atoms with van der Waals surface area (Å²) in [5.74, 6) is -0.270. The molecule has 0 aliphatic rings. The number of carbonyl (C=O) groups excluding carboxylic acids is 2. The van der Waals surface area contributed by atoms with Crippen LogP contribution < -0.4 is 10.9 Å². The zero-order valence-electron chi connectivity index (χ0n) is 20.4. The van der Waals surface area contributed by atoms with Crippen molar-refractivity contribution < 1.29 is 9.59 Å². The Morgan fingerprint density at radius 1 is 1.08 bits per heavy atom. The first-order chi connectivity index (χ1) is 17.3. The fraction of sp³-hybridized carbons (Fsp3) is 0.214. The number of hydrogen-bond donors (Lipinski definition) is 1. The van der Waals surface area contributed by atoms with Gasteiger partial charge in [-0.05, 0) is 64.9 Å². The van der Waals surface area contributed by atoms with Crippen molar-refractivity contribution in [3.63, 3.8) is 0 Å². The van der Waals surface area contributed by atoms with Crippen molar-refractivity contribution in [1.29, 1.82) is 5.26 Å². The van der Waals surface area contributed by atoms with Crippen molar-refractivity contribution >= 4 is 33.2 Å². The van der Waals surface area contributed by atoms with E-state index in [-0.39, 0.29) is 30.3 Å². The van der Waals surface area contributed by atoms with E-state index in [0.717, 1.165) is 32.3 Å². The van der Waals surface area contributed by atoms with E-state index in [9.17, 15) is 14.4 Å². The van der Waals surface area contributed by atoms with Gasteiger partial charge in [0.15, 0.2) is 0 Å². The largest absolute Gasteiger partial charge is 0.359 e. The summed E-state index contributed by atoms with van der Waals surface area (Å²) >= 11 is 1.44. The highest BCUT2D eigenvalue weighted by Gasteiger charge is 2.23. The lowest BCUT2D eigenvalue weighted by molar-refractivity contribution is -0.120. The van der Waals surface area contributed by atoms with Gasteiger partial charge < -0.3 is 14.8 Å². The summed E-state index contributed by atoms with van der Waals surface area (Å²) in [4.78, 5) is 39.7. The minimum Gasteiger partial charge on any atom is -0.359 e. The van der Waals surface area contributed by atoms with Crippen LogP contribution in [0, 0.1) is 18.3 Å². The number of thiophene rings is 1. The molecule has 0 saturated carbocycles. The number of hydrogen-bond acceptors (Lipinski definition) is 5. The van der Waals surface area contributed by atoms with Crippen molar-refractivity contribution in [3.8, 4) is 17.2 Å². The molecule has 2 aromatic carbocycles. The summed E-state index contributed by atoms with van der Waals surface area (Å²) in [7, 11) is 3.30. The number of carbonyl (C=O) groups is 2. The number of nitrogens with zero attached hydrogens (tertiary/aromatic N) is 3. The Kier molecular flexibility index (Phi) is 7.32. The number of pyridine rings is 1. The molecule has 4 aromatic rings. The van der Waals surface area contributed by atoms with E-state index in [0.29, 0.717) is 17.0 Å². The lowest BCUT2D eigenvalue weighted by atomic mass is 10.0. The predicted molar refractivity (Wildman–Crippen MR) is 142 cm³/mol. The topological polar surface area (TPSA) is 95.2 Å². The third-order valence-electron chi connectivity index (χ3n) is 6.18. The first-order valence-electron chi connectivity index (χ1n) is 11.5. The molecule has 7 nitrogen and oxygen atoms in total. The normalized spacial score (nSPS) is 10.7. The maximum Gasteiger partial charge on any atom is 0.264 e. The quantitative estimate of drug-likeness (QED) is 0.413. The van der Waals surface area contributed by atoms with Crippen LogP contribution in [0.4, 0.5) is 0 Å². The Hall–Kier alpha value is -4.22. The van der Waals surface area contributed by atoms with Gasteiger partial charge in [-0.25, -0.2) is 0 Å². The van der Waals surface area contributed by atoms with Crippen LogP contribution in [0.2, 0.25) is 0 Å². The van der Waals surface area contributed by atoms with Gasteiger partial charge in [-0.3, -0.25) is 14.4 Å². The highest BCUT2D eigenvalue weighted by molar-refractivity contribution is 7.21. The van der Waals surface area contributed by atoms with Crippen molar-refractivity contribution in [3.05, 3.63) is 92.7 Å². The van der Waals surface area contributed by atoms with Crippen LogP contribution >= 0.6 is 11.3 Å². The van der Waals surface area contributed by atoms with Crippen molar-refractivity contribution in [1.82, 2.24) is 14.8 Å². The molecule has 0 aliphatic heterocycles. The van der Waals surface area contributed by atoms with Gasteiger partial charge in [0, 0.05) is 50.6 Å². The van der Waals surface area contributed by atoms with E-state index in [2.05, 4.69) is 11.4 Å². The maximum atomic E-state index is 13.7. The van der Waals surface area contributed by atoms with Crippen LogP contribution in [0.5, 0.6) is 0 Å². The SMILES string of the molecule is CNC(=O)CCN(Cc1ccc(C#N)cc1)C(=O)c1sc2ccc(-c3ccc(=O)n(C)c3)cc2c1C. The first kappa shape index (κ1) is 24.9. The van der Waals surface area contributed by atoms with Crippen LogP contribution in [-0.4, -0.2) is 34.9 Å². The summed E-state index contributed by atoms with van der Waals surface area (Å²) < 4.78 is 2.54. The van der Waals surface area contributed by atoms with Crippen LogP contribution in [0.3, 0.4) is 0 Å².